The van der Waals surface area contributed by atoms with E-state index in [0.717, 1.165) is 45.9 Å². The van der Waals surface area contributed by atoms with Gasteiger partial charge >= 0.3 is 0 Å². The van der Waals surface area contributed by atoms with Crippen LogP contribution in [0, 0.1) is 13.8 Å². The number of imidazole rings is 1. The van der Waals surface area contributed by atoms with Gasteiger partial charge in [0.25, 0.3) is 0 Å². The van der Waals surface area contributed by atoms with Crippen molar-refractivity contribution in [1.29, 1.82) is 0 Å². The largest absolute Gasteiger partial charge is 0.389 e. The van der Waals surface area contributed by atoms with Crippen molar-refractivity contribution >= 4 is 11.2 Å². The third-order valence-electron chi connectivity index (χ3n) is 3.95. The lowest BCUT2D eigenvalue weighted by molar-refractivity contribution is 0.199. The van der Waals surface area contributed by atoms with E-state index in [1.165, 1.54) is 0 Å². The van der Waals surface area contributed by atoms with Gasteiger partial charge in [-0.25, -0.2) is 9.97 Å². The molecule has 0 aliphatic carbocycles. The molecule has 2 aromatic heterocycles. The lowest BCUT2D eigenvalue weighted by atomic mass is 10.1. The number of aromatic nitrogens is 3. The first kappa shape index (κ1) is 14.7. The van der Waals surface area contributed by atoms with Gasteiger partial charge in [0.15, 0.2) is 5.65 Å². The molecule has 1 N–H and O–H groups in total. The molecule has 114 valence electrons. The highest BCUT2D eigenvalue weighted by Crippen LogP contribution is 2.24. The van der Waals surface area contributed by atoms with Crippen molar-refractivity contribution in [3.05, 3.63) is 53.0 Å². The van der Waals surface area contributed by atoms with Crippen LogP contribution in [0.1, 0.15) is 42.6 Å². The predicted octanol–water partition coefficient (Wildman–Crippen LogP) is 3.65. The maximum atomic E-state index is 9.66. The summed E-state index contributed by atoms with van der Waals surface area (Å²) in [6.07, 6.45) is 0.384. The molecule has 1 atom stereocenters. The van der Waals surface area contributed by atoms with Crippen LogP contribution >= 0.6 is 0 Å². The van der Waals surface area contributed by atoms with Crippen LogP contribution in [0.15, 0.2) is 30.3 Å². The van der Waals surface area contributed by atoms with Crippen molar-refractivity contribution in [1.82, 2.24) is 14.5 Å². The fourth-order valence-corrected chi connectivity index (χ4v) is 2.82. The molecule has 2 heterocycles. The second-order valence-corrected chi connectivity index (χ2v) is 5.74. The molecule has 3 rings (SSSR count). The van der Waals surface area contributed by atoms with E-state index in [4.69, 9.17) is 9.97 Å². The van der Waals surface area contributed by atoms with Gasteiger partial charge in [-0.1, -0.05) is 19.1 Å². The third kappa shape index (κ3) is 2.40. The highest BCUT2D eigenvalue weighted by atomic mass is 16.3. The van der Waals surface area contributed by atoms with Crippen molar-refractivity contribution in [3.8, 4) is 5.69 Å². The summed E-state index contributed by atoms with van der Waals surface area (Å²) in [5.74, 6) is 1.00. The van der Waals surface area contributed by atoms with E-state index >= 15 is 0 Å². The van der Waals surface area contributed by atoms with Gasteiger partial charge in [-0.05, 0) is 50.1 Å². The Labute approximate surface area is 130 Å². The summed E-state index contributed by atoms with van der Waals surface area (Å²) in [6.45, 7) is 7.95. The molecule has 0 radical (unpaired) electrons. The topological polar surface area (TPSA) is 50.9 Å². The Balaban J connectivity index is 2.24. The van der Waals surface area contributed by atoms with E-state index < -0.39 is 6.10 Å². The lowest BCUT2D eigenvalue weighted by Crippen LogP contribution is -2.02. The van der Waals surface area contributed by atoms with Crippen molar-refractivity contribution in [2.75, 3.05) is 0 Å². The first-order chi connectivity index (χ1) is 10.5. The maximum absolute atomic E-state index is 9.66. The lowest BCUT2D eigenvalue weighted by Gasteiger charge is -2.10. The van der Waals surface area contributed by atoms with E-state index in [9.17, 15) is 5.11 Å². The first-order valence-electron chi connectivity index (χ1n) is 7.65. The second kappa shape index (κ2) is 5.54. The van der Waals surface area contributed by atoms with Crippen LogP contribution < -0.4 is 0 Å². The minimum absolute atomic E-state index is 0.457. The van der Waals surface area contributed by atoms with E-state index in [1.807, 2.05) is 31.2 Å². The van der Waals surface area contributed by atoms with Gasteiger partial charge in [-0.15, -0.1) is 0 Å². The smallest absolute Gasteiger partial charge is 0.165 e. The molecule has 0 saturated heterocycles. The molecule has 0 aliphatic rings. The van der Waals surface area contributed by atoms with Crippen LogP contribution in [0.4, 0.5) is 0 Å². The Hall–Kier alpha value is -2.20. The maximum Gasteiger partial charge on any atom is 0.165 e. The SMILES string of the molecule is CCc1nc2c(C)cc(C)nc2n1-c1ccc(C(C)O)cc1. The van der Waals surface area contributed by atoms with Crippen LogP contribution in [0.5, 0.6) is 0 Å². The number of nitrogens with zero attached hydrogens (tertiary/aromatic N) is 3. The summed E-state index contributed by atoms with van der Waals surface area (Å²) in [5.41, 5.74) is 5.94. The Morgan fingerprint density at radius 3 is 2.41 bits per heavy atom. The molecule has 0 saturated carbocycles. The monoisotopic (exact) mass is 295 g/mol. The molecule has 0 fully saturated rings. The van der Waals surface area contributed by atoms with Crippen molar-refractivity contribution < 1.29 is 5.11 Å². The molecule has 3 aromatic rings. The van der Waals surface area contributed by atoms with Crippen molar-refractivity contribution in [2.45, 2.75) is 40.2 Å². The summed E-state index contributed by atoms with van der Waals surface area (Å²) in [7, 11) is 0. The number of fused-ring (bicyclic) bond motifs is 1. The Morgan fingerprint density at radius 2 is 1.82 bits per heavy atom. The molecule has 4 heteroatoms. The van der Waals surface area contributed by atoms with Gasteiger partial charge in [0, 0.05) is 17.8 Å². The Kier molecular flexibility index (Phi) is 3.71. The molecule has 0 spiro atoms. The van der Waals surface area contributed by atoms with Crippen LogP contribution in [-0.4, -0.2) is 19.6 Å². The summed E-state index contributed by atoms with van der Waals surface area (Å²) in [5, 5.41) is 9.66. The molecule has 0 aliphatic heterocycles. The third-order valence-corrected chi connectivity index (χ3v) is 3.95. The standard InChI is InChI=1S/C18H21N3O/c1-5-16-20-17-11(2)10-12(3)19-18(17)21(16)15-8-6-14(7-9-15)13(4)22/h6-10,13,22H,5H2,1-4H3. The summed E-state index contributed by atoms with van der Waals surface area (Å²) >= 11 is 0. The normalized spacial score (nSPS) is 12.8. The quantitative estimate of drug-likeness (QED) is 0.802. The predicted molar refractivity (Wildman–Crippen MR) is 88.4 cm³/mol. The molecular formula is C18H21N3O. The molecule has 1 unspecified atom stereocenters. The summed E-state index contributed by atoms with van der Waals surface area (Å²) in [4.78, 5) is 9.45. The highest BCUT2D eigenvalue weighted by molar-refractivity contribution is 5.78. The van der Waals surface area contributed by atoms with Gasteiger partial charge in [0.2, 0.25) is 0 Å². The minimum atomic E-state index is -0.457. The average Bonchev–Trinajstić information content (AvgIpc) is 2.86. The highest BCUT2D eigenvalue weighted by Gasteiger charge is 2.15. The number of aliphatic hydroxyl groups is 1. The number of hydrogen-bond acceptors (Lipinski definition) is 3. The molecule has 1 aromatic carbocycles. The average molecular weight is 295 g/mol. The van der Waals surface area contributed by atoms with Gasteiger partial charge in [-0.3, -0.25) is 4.57 Å². The number of hydrogen-bond donors (Lipinski definition) is 1. The molecule has 0 amide bonds. The van der Waals surface area contributed by atoms with E-state index in [0.29, 0.717) is 0 Å². The minimum Gasteiger partial charge on any atom is -0.389 e. The number of benzene rings is 1. The van der Waals surface area contributed by atoms with Gasteiger partial charge in [0.05, 0.1) is 6.10 Å². The molecule has 0 bridgehead atoms. The fraction of sp³-hybridized carbons (Fsp3) is 0.333. The Morgan fingerprint density at radius 1 is 1.14 bits per heavy atom. The van der Waals surface area contributed by atoms with E-state index in [-0.39, 0.29) is 0 Å². The first-order valence-corrected chi connectivity index (χ1v) is 7.65. The Bertz CT molecular complexity index is 816. The fourth-order valence-electron chi connectivity index (χ4n) is 2.82. The van der Waals surface area contributed by atoms with Gasteiger partial charge in [0.1, 0.15) is 11.3 Å². The zero-order valence-electron chi connectivity index (χ0n) is 13.5. The van der Waals surface area contributed by atoms with Crippen LogP contribution in [0.3, 0.4) is 0 Å². The van der Waals surface area contributed by atoms with Gasteiger partial charge in [-0.2, -0.15) is 0 Å². The number of pyridine rings is 1. The van der Waals surface area contributed by atoms with Crippen LogP contribution in [0.25, 0.3) is 16.9 Å². The molecule has 4 nitrogen and oxygen atoms in total. The van der Waals surface area contributed by atoms with Crippen LogP contribution in [0.2, 0.25) is 0 Å². The van der Waals surface area contributed by atoms with Crippen LogP contribution in [-0.2, 0) is 6.42 Å². The number of aryl methyl sites for hydroxylation is 3. The van der Waals surface area contributed by atoms with Crippen molar-refractivity contribution in [2.24, 2.45) is 0 Å². The summed E-state index contributed by atoms with van der Waals surface area (Å²) < 4.78 is 2.11. The number of aliphatic hydroxyl groups excluding tert-OH is 1. The molecule has 22 heavy (non-hydrogen) atoms. The number of rotatable bonds is 3. The van der Waals surface area contributed by atoms with Crippen molar-refractivity contribution in [3.63, 3.8) is 0 Å². The zero-order valence-corrected chi connectivity index (χ0v) is 13.5. The zero-order chi connectivity index (χ0) is 15.9. The van der Waals surface area contributed by atoms with E-state index in [1.54, 1.807) is 6.92 Å². The molecular weight excluding hydrogens is 274 g/mol. The van der Waals surface area contributed by atoms with E-state index in [2.05, 4.69) is 24.5 Å². The summed E-state index contributed by atoms with van der Waals surface area (Å²) in [6, 6.07) is 10.0. The second-order valence-electron chi connectivity index (χ2n) is 5.74. The van der Waals surface area contributed by atoms with Gasteiger partial charge < -0.3 is 5.11 Å².